The van der Waals surface area contributed by atoms with E-state index in [0.717, 1.165) is 11.4 Å². The topological polar surface area (TPSA) is 123 Å². The van der Waals surface area contributed by atoms with Gasteiger partial charge in [0.05, 0.1) is 25.9 Å². The van der Waals surface area contributed by atoms with Crippen LogP contribution in [0.4, 0.5) is 0 Å². The second-order valence-corrected chi connectivity index (χ2v) is 6.09. The first-order valence-corrected chi connectivity index (χ1v) is 8.55. The van der Waals surface area contributed by atoms with E-state index in [1.807, 2.05) is 35.0 Å². The molecule has 0 radical (unpaired) electrons. The number of hydrogen-bond acceptors (Lipinski definition) is 7. The van der Waals surface area contributed by atoms with Gasteiger partial charge in [-0.25, -0.2) is 4.98 Å². The van der Waals surface area contributed by atoms with Crippen molar-refractivity contribution < 1.29 is 34.3 Å². The zero-order chi connectivity index (χ0) is 19.2. The van der Waals surface area contributed by atoms with Crippen molar-refractivity contribution in [3.63, 3.8) is 0 Å². The van der Waals surface area contributed by atoms with Gasteiger partial charge in [0.2, 0.25) is 0 Å². The fourth-order valence-electron chi connectivity index (χ4n) is 3.37. The Bertz CT molecular complexity index is 734. The van der Waals surface area contributed by atoms with Gasteiger partial charge < -0.3 is 34.1 Å². The van der Waals surface area contributed by atoms with Crippen LogP contribution in [0, 0.1) is 0 Å². The lowest BCUT2D eigenvalue weighted by Gasteiger charge is -2.19. The number of carboxylic acid groups (broad SMARTS) is 1. The second-order valence-electron chi connectivity index (χ2n) is 6.09. The first-order chi connectivity index (χ1) is 13.2. The smallest absolute Gasteiger partial charge is 0.290 e. The van der Waals surface area contributed by atoms with Crippen molar-refractivity contribution in [1.29, 1.82) is 0 Å². The number of ether oxygens (including phenoxy) is 3. The van der Waals surface area contributed by atoms with E-state index in [1.54, 1.807) is 6.20 Å². The van der Waals surface area contributed by atoms with E-state index in [4.69, 9.17) is 29.2 Å². The molecule has 1 aromatic heterocycles. The Morgan fingerprint density at radius 2 is 1.93 bits per heavy atom. The van der Waals surface area contributed by atoms with Crippen LogP contribution in [-0.2, 0) is 14.3 Å². The predicted octanol–water partition coefficient (Wildman–Crippen LogP) is 0.322. The molecule has 0 saturated carbocycles. The first-order valence-electron chi connectivity index (χ1n) is 8.55. The Morgan fingerprint density at radius 1 is 1.22 bits per heavy atom. The molecule has 27 heavy (non-hydrogen) atoms. The van der Waals surface area contributed by atoms with Gasteiger partial charge in [0.25, 0.3) is 6.47 Å². The van der Waals surface area contributed by atoms with Crippen molar-refractivity contribution in [2.24, 2.45) is 0 Å². The summed E-state index contributed by atoms with van der Waals surface area (Å²) in [6, 6.07) is 7.57. The minimum atomic E-state index is -0.560. The lowest BCUT2D eigenvalue weighted by Crippen LogP contribution is -2.30. The molecule has 0 bridgehead atoms. The van der Waals surface area contributed by atoms with Gasteiger partial charge in [-0.2, -0.15) is 0 Å². The Kier molecular flexibility index (Phi) is 6.40. The number of hydrogen-bond donors (Lipinski definition) is 3. The minimum Gasteiger partial charge on any atom is -0.491 e. The number of aliphatic hydroxyl groups excluding tert-OH is 2. The van der Waals surface area contributed by atoms with Crippen LogP contribution in [0.3, 0.4) is 0 Å². The average Bonchev–Trinajstić information content (AvgIpc) is 3.39. The minimum absolute atomic E-state index is 0.00466. The van der Waals surface area contributed by atoms with Gasteiger partial charge in [0.1, 0.15) is 36.5 Å². The lowest BCUT2D eigenvalue weighted by molar-refractivity contribution is -0.122. The van der Waals surface area contributed by atoms with Crippen LogP contribution in [0.2, 0.25) is 0 Å². The van der Waals surface area contributed by atoms with Crippen molar-refractivity contribution in [2.45, 2.75) is 24.4 Å². The number of imidazole rings is 1. The van der Waals surface area contributed by atoms with E-state index in [9.17, 15) is 5.11 Å². The number of nitrogens with zero attached hydrogens (tertiary/aromatic N) is 2. The maximum absolute atomic E-state index is 9.90. The van der Waals surface area contributed by atoms with Crippen molar-refractivity contribution in [2.75, 3.05) is 26.4 Å². The third-order valence-electron chi connectivity index (χ3n) is 4.50. The quantitative estimate of drug-likeness (QED) is 0.636. The predicted molar refractivity (Wildman–Crippen MR) is 93.5 cm³/mol. The summed E-state index contributed by atoms with van der Waals surface area (Å²) in [4.78, 5) is 12.8. The molecule has 0 unspecified atom stereocenters. The number of fused-ring (bicyclic) bond motifs is 1. The number of aliphatic hydroxyl groups is 2. The Hall–Kier alpha value is -2.46. The molecule has 4 atom stereocenters. The maximum atomic E-state index is 9.90. The van der Waals surface area contributed by atoms with E-state index in [0.29, 0.717) is 19.0 Å². The van der Waals surface area contributed by atoms with E-state index in [2.05, 4.69) is 4.98 Å². The lowest BCUT2D eigenvalue weighted by atomic mass is 10.1. The summed E-state index contributed by atoms with van der Waals surface area (Å²) in [5, 5.41) is 25.6. The third-order valence-corrected chi connectivity index (χ3v) is 4.50. The van der Waals surface area contributed by atoms with Gasteiger partial charge in [-0.15, -0.1) is 0 Å². The maximum Gasteiger partial charge on any atom is 0.290 e. The first kappa shape index (κ1) is 19.3. The van der Waals surface area contributed by atoms with E-state index < -0.39 is 6.10 Å². The zero-order valence-electron chi connectivity index (χ0n) is 14.5. The van der Waals surface area contributed by atoms with E-state index >= 15 is 0 Å². The summed E-state index contributed by atoms with van der Waals surface area (Å²) in [5.74, 6) is 1.53. The van der Waals surface area contributed by atoms with Crippen LogP contribution in [0.15, 0.2) is 36.7 Å². The molecule has 2 fully saturated rings. The monoisotopic (exact) mass is 378 g/mol. The molecule has 146 valence electrons. The number of benzene rings is 1. The normalized spacial score (nSPS) is 26.1. The van der Waals surface area contributed by atoms with Gasteiger partial charge in [-0.3, -0.25) is 4.79 Å². The fraction of sp³-hybridized carbons (Fsp3) is 0.444. The number of rotatable bonds is 5. The molecule has 1 aromatic carbocycles. The van der Waals surface area contributed by atoms with Crippen LogP contribution in [0.25, 0.3) is 11.4 Å². The van der Waals surface area contributed by atoms with Crippen molar-refractivity contribution >= 4 is 6.47 Å². The van der Waals surface area contributed by atoms with Crippen LogP contribution in [0.5, 0.6) is 5.75 Å². The molecular weight excluding hydrogens is 356 g/mol. The summed E-state index contributed by atoms with van der Waals surface area (Å²) in [6.07, 6.45) is 2.69. The van der Waals surface area contributed by atoms with Crippen molar-refractivity contribution in [3.8, 4) is 17.1 Å². The highest BCUT2D eigenvalue weighted by atomic mass is 16.6. The standard InChI is InChI=1S/C17H20N2O5.CH2O2/c20-7-8-22-12-3-1-11(2-4-12)17-18-5-6-19(17)13-9-23-16-14(21)10-24-15(13)16;2-1-3/h1-6,13-16,20-21H,7-10H2;1H,(H,2,3)/t13-,14-,15-,16-;/m1./s1. The molecule has 2 saturated heterocycles. The number of carbonyl (C=O) groups is 1. The van der Waals surface area contributed by atoms with Gasteiger partial charge >= 0.3 is 0 Å². The Morgan fingerprint density at radius 3 is 2.63 bits per heavy atom. The van der Waals surface area contributed by atoms with Crippen LogP contribution >= 0.6 is 0 Å². The van der Waals surface area contributed by atoms with Gasteiger partial charge in [-0.05, 0) is 24.3 Å². The molecule has 9 nitrogen and oxygen atoms in total. The highest BCUT2D eigenvalue weighted by Gasteiger charge is 2.48. The average molecular weight is 378 g/mol. The van der Waals surface area contributed by atoms with Gasteiger partial charge in [-0.1, -0.05) is 0 Å². The molecule has 2 aliphatic heterocycles. The Balaban J connectivity index is 0.000000659. The third kappa shape index (κ3) is 4.11. The van der Waals surface area contributed by atoms with Crippen molar-refractivity contribution in [1.82, 2.24) is 9.55 Å². The van der Waals surface area contributed by atoms with Crippen LogP contribution in [0.1, 0.15) is 6.04 Å². The summed E-state index contributed by atoms with van der Waals surface area (Å²) in [7, 11) is 0. The molecule has 2 aromatic rings. The summed E-state index contributed by atoms with van der Waals surface area (Å²) >= 11 is 0. The van der Waals surface area contributed by atoms with Gasteiger partial charge in [0.15, 0.2) is 0 Å². The molecule has 3 heterocycles. The van der Waals surface area contributed by atoms with Crippen LogP contribution in [-0.4, -0.2) is 76.1 Å². The van der Waals surface area contributed by atoms with Crippen LogP contribution < -0.4 is 4.74 Å². The van der Waals surface area contributed by atoms with E-state index in [1.165, 1.54) is 0 Å². The molecule has 3 N–H and O–H groups in total. The largest absolute Gasteiger partial charge is 0.491 e. The molecule has 2 aliphatic rings. The molecule has 0 aliphatic carbocycles. The Labute approximate surface area is 155 Å². The molecular formula is C18H22N2O7. The summed E-state index contributed by atoms with van der Waals surface area (Å²) < 4.78 is 18.9. The second kappa shape index (κ2) is 8.96. The molecule has 9 heteroatoms. The summed E-state index contributed by atoms with van der Waals surface area (Å²) in [5.41, 5.74) is 0.957. The SMILES string of the molecule is O=CO.OCCOc1ccc(-c2nccn2[C@@H]2CO[C@H]3[C@@H]2OC[C@H]3O)cc1. The number of aromatic nitrogens is 2. The fourth-order valence-corrected chi connectivity index (χ4v) is 3.37. The molecule has 0 amide bonds. The summed E-state index contributed by atoms with van der Waals surface area (Å²) in [6.45, 7) is 0.818. The molecule has 4 rings (SSSR count). The highest BCUT2D eigenvalue weighted by molar-refractivity contribution is 5.57. The van der Waals surface area contributed by atoms with Crippen molar-refractivity contribution in [3.05, 3.63) is 36.7 Å². The zero-order valence-corrected chi connectivity index (χ0v) is 14.5. The van der Waals surface area contributed by atoms with Gasteiger partial charge in [0, 0.05) is 18.0 Å². The highest BCUT2D eigenvalue weighted by Crippen LogP contribution is 2.36. The van der Waals surface area contributed by atoms with E-state index in [-0.39, 0.29) is 37.9 Å². The molecule has 0 spiro atoms.